The highest BCUT2D eigenvalue weighted by molar-refractivity contribution is 5.95. The van der Waals surface area contributed by atoms with Crippen LogP contribution in [0.4, 0.5) is 11.4 Å². The molecule has 1 N–H and O–H groups in total. The zero-order valence-electron chi connectivity index (χ0n) is 17.4. The lowest BCUT2D eigenvalue weighted by Crippen LogP contribution is -2.44. The number of carbonyl (C=O) groups is 1. The van der Waals surface area contributed by atoms with E-state index < -0.39 is 0 Å². The molecular weight excluding hydrogens is 350 g/mol. The summed E-state index contributed by atoms with van der Waals surface area (Å²) in [6.45, 7) is 10.5. The van der Waals surface area contributed by atoms with Crippen molar-refractivity contribution in [3.63, 3.8) is 0 Å². The molecule has 5 heteroatoms. The zero-order valence-corrected chi connectivity index (χ0v) is 17.4. The Morgan fingerprint density at radius 1 is 1.00 bits per heavy atom. The van der Waals surface area contributed by atoms with Gasteiger partial charge in [-0.2, -0.15) is 0 Å². The molecule has 0 saturated carbocycles. The van der Waals surface area contributed by atoms with Crippen LogP contribution in [0.15, 0.2) is 48.5 Å². The zero-order chi connectivity index (χ0) is 20.1. The quantitative estimate of drug-likeness (QED) is 0.857. The van der Waals surface area contributed by atoms with Crippen molar-refractivity contribution in [1.82, 2.24) is 4.90 Å². The third-order valence-corrected chi connectivity index (χ3v) is 5.11. The summed E-state index contributed by atoms with van der Waals surface area (Å²) in [7, 11) is 2.14. The molecule has 2 aromatic rings. The van der Waals surface area contributed by atoms with E-state index in [-0.39, 0.29) is 17.9 Å². The summed E-state index contributed by atoms with van der Waals surface area (Å²) < 4.78 is 5.67. The highest BCUT2D eigenvalue weighted by Crippen LogP contribution is 2.27. The smallest absolute Gasteiger partial charge is 0.262 e. The molecule has 0 radical (unpaired) electrons. The van der Waals surface area contributed by atoms with Crippen molar-refractivity contribution < 1.29 is 9.53 Å². The molecule has 5 nitrogen and oxygen atoms in total. The first kappa shape index (κ1) is 20.2. The number of para-hydroxylation sites is 2. The molecule has 0 aliphatic carbocycles. The van der Waals surface area contributed by atoms with E-state index in [0.29, 0.717) is 5.75 Å². The summed E-state index contributed by atoms with van der Waals surface area (Å²) in [5.41, 5.74) is 3.25. The van der Waals surface area contributed by atoms with Crippen LogP contribution in [-0.2, 0) is 10.2 Å². The highest BCUT2D eigenvalue weighted by atomic mass is 16.5. The molecule has 1 heterocycles. The molecule has 0 bridgehead atoms. The molecule has 3 rings (SSSR count). The maximum atomic E-state index is 12.4. The topological polar surface area (TPSA) is 44.8 Å². The standard InChI is InChI=1S/C23H31N3O2/c1-23(2,3)18-9-11-19(12-10-18)28-17-22(27)24-20-7-5-6-8-21(20)26-15-13-25(4)14-16-26/h5-12H,13-17H2,1-4H3,(H,24,27). The van der Waals surface area contributed by atoms with Crippen LogP contribution >= 0.6 is 0 Å². The van der Waals surface area contributed by atoms with Gasteiger partial charge in [0.15, 0.2) is 6.61 Å². The summed E-state index contributed by atoms with van der Waals surface area (Å²) in [6.07, 6.45) is 0. The van der Waals surface area contributed by atoms with E-state index in [4.69, 9.17) is 4.74 Å². The number of benzene rings is 2. The summed E-state index contributed by atoms with van der Waals surface area (Å²) in [5, 5.41) is 3.01. The van der Waals surface area contributed by atoms with Crippen molar-refractivity contribution in [2.24, 2.45) is 0 Å². The number of rotatable bonds is 5. The number of anilines is 2. The predicted octanol–water partition coefficient (Wildman–Crippen LogP) is 3.75. The van der Waals surface area contributed by atoms with E-state index in [0.717, 1.165) is 37.6 Å². The van der Waals surface area contributed by atoms with Crippen LogP contribution in [0.1, 0.15) is 26.3 Å². The van der Waals surface area contributed by atoms with E-state index in [9.17, 15) is 4.79 Å². The van der Waals surface area contributed by atoms with Gasteiger partial charge in [-0.1, -0.05) is 45.0 Å². The van der Waals surface area contributed by atoms with Crippen LogP contribution in [0.5, 0.6) is 5.75 Å². The number of ether oxygens (including phenoxy) is 1. The summed E-state index contributed by atoms with van der Waals surface area (Å²) in [4.78, 5) is 17.1. The lowest BCUT2D eigenvalue weighted by Gasteiger charge is -2.35. The summed E-state index contributed by atoms with van der Waals surface area (Å²) in [6, 6.07) is 15.9. The largest absolute Gasteiger partial charge is 0.484 e. The predicted molar refractivity (Wildman–Crippen MR) is 115 cm³/mol. The van der Waals surface area contributed by atoms with Gasteiger partial charge in [0.2, 0.25) is 0 Å². The minimum absolute atomic E-state index is 0.00800. The number of nitrogens with zero attached hydrogens (tertiary/aromatic N) is 2. The van der Waals surface area contributed by atoms with E-state index in [1.807, 2.05) is 30.3 Å². The molecule has 1 amide bonds. The monoisotopic (exact) mass is 381 g/mol. The first-order valence-corrected chi connectivity index (χ1v) is 9.88. The highest BCUT2D eigenvalue weighted by Gasteiger charge is 2.18. The van der Waals surface area contributed by atoms with Gasteiger partial charge in [0, 0.05) is 26.2 Å². The Morgan fingerprint density at radius 2 is 1.64 bits per heavy atom. The number of hydrogen-bond donors (Lipinski definition) is 1. The van der Waals surface area contributed by atoms with Gasteiger partial charge in [-0.15, -0.1) is 0 Å². The van der Waals surface area contributed by atoms with E-state index in [1.165, 1.54) is 5.56 Å². The summed E-state index contributed by atoms with van der Waals surface area (Å²) in [5.74, 6) is 0.553. The van der Waals surface area contributed by atoms with Crippen LogP contribution < -0.4 is 15.0 Å². The van der Waals surface area contributed by atoms with Gasteiger partial charge in [-0.05, 0) is 42.3 Å². The molecule has 150 valence electrons. The summed E-state index contributed by atoms with van der Waals surface area (Å²) >= 11 is 0. The van der Waals surface area contributed by atoms with E-state index >= 15 is 0 Å². The van der Waals surface area contributed by atoms with Crippen molar-refractivity contribution in [3.05, 3.63) is 54.1 Å². The second-order valence-corrected chi connectivity index (χ2v) is 8.42. The van der Waals surface area contributed by atoms with Crippen molar-refractivity contribution in [2.45, 2.75) is 26.2 Å². The Hall–Kier alpha value is -2.53. The molecule has 1 fully saturated rings. The Bertz CT molecular complexity index is 788. The van der Waals surface area contributed by atoms with Gasteiger partial charge in [0.05, 0.1) is 11.4 Å². The third-order valence-electron chi connectivity index (χ3n) is 5.11. The maximum absolute atomic E-state index is 12.4. The Kier molecular flexibility index (Phi) is 6.25. The Labute approximate surface area is 168 Å². The number of hydrogen-bond acceptors (Lipinski definition) is 4. The van der Waals surface area contributed by atoms with Crippen LogP contribution in [0.3, 0.4) is 0 Å². The van der Waals surface area contributed by atoms with Crippen LogP contribution in [0.2, 0.25) is 0 Å². The molecule has 0 unspecified atom stereocenters. The van der Waals surface area contributed by atoms with Crippen molar-refractivity contribution in [1.29, 1.82) is 0 Å². The average Bonchev–Trinajstić information content (AvgIpc) is 2.67. The molecule has 28 heavy (non-hydrogen) atoms. The van der Waals surface area contributed by atoms with Crippen LogP contribution in [0, 0.1) is 0 Å². The lowest BCUT2D eigenvalue weighted by atomic mass is 9.87. The van der Waals surface area contributed by atoms with Gasteiger partial charge >= 0.3 is 0 Å². The molecular formula is C23H31N3O2. The van der Waals surface area contributed by atoms with Crippen LogP contribution in [-0.4, -0.2) is 50.6 Å². The second-order valence-electron chi connectivity index (χ2n) is 8.42. The first-order valence-electron chi connectivity index (χ1n) is 9.88. The van der Waals surface area contributed by atoms with Gasteiger partial charge in [0.25, 0.3) is 5.91 Å². The van der Waals surface area contributed by atoms with Gasteiger partial charge < -0.3 is 19.9 Å². The minimum atomic E-state index is -0.151. The van der Waals surface area contributed by atoms with E-state index in [1.54, 1.807) is 0 Å². The van der Waals surface area contributed by atoms with Crippen molar-refractivity contribution in [2.75, 3.05) is 50.1 Å². The number of piperazine rings is 1. The molecule has 0 aromatic heterocycles. The number of likely N-dealkylation sites (N-methyl/N-ethyl adjacent to an activating group) is 1. The number of nitrogens with one attached hydrogen (secondary N) is 1. The molecule has 2 aromatic carbocycles. The van der Waals surface area contributed by atoms with Crippen LogP contribution in [0.25, 0.3) is 0 Å². The molecule has 1 saturated heterocycles. The van der Waals surface area contributed by atoms with Gasteiger partial charge in [-0.25, -0.2) is 0 Å². The number of carbonyl (C=O) groups excluding carboxylic acids is 1. The van der Waals surface area contributed by atoms with Gasteiger partial charge in [0.1, 0.15) is 5.75 Å². The molecule has 0 spiro atoms. The molecule has 0 atom stereocenters. The Balaban J connectivity index is 1.58. The first-order chi connectivity index (χ1) is 13.3. The fourth-order valence-electron chi connectivity index (χ4n) is 3.29. The normalized spacial score (nSPS) is 15.4. The lowest BCUT2D eigenvalue weighted by molar-refractivity contribution is -0.118. The van der Waals surface area contributed by atoms with Crippen molar-refractivity contribution >= 4 is 17.3 Å². The van der Waals surface area contributed by atoms with Gasteiger partial charge in [-0.3, -0.25) is 4.79 Å². The Morgan fingerprint density at radius 3 is 2.29 bits per heavy atom. The fraction of sp³-hybridized carbons (Fsp3) is 0.435. The molecule has 1 aliphatic rings. The number of amides is 1. The van der Waals surface area contributed by atoms with E-state index in [2.05, 4.69) is 61.1 Å². The SMILES string of the molecule is CN1CCN(c2ccccc2NC(=O)COc2ccc(C(C)(C)C)cc2)CC1. The fourth-order valence-corrected chi connectivity index (χ4v) is 3.29. The molecule has 1 aliphatic heterocycles. The minimum Gasteiger partial charge on any atom is -0.484 e. The average molecular weight is 382 g/mol. The second kappa shape index (κ2) is 8.65. The third kappa shape index (κ3) is 5.26. The van der Waals surface area contributed by atoms with Crippen molar-refractivity contribution in [3.8, 4) is 5.75 Å². The maximum Gasteiger partial charge on any atom is 0.262 e.